The molecular formula is C12H18N2O2S. The summed E-state index contributed by atoms with van der Waals surface area (Å²) >= 11 is -1.25. The van der Waals surface area contributed by atoms with Gasteiger partial charge in [0.2, 0.25) is 5.88 Å². The lowest BCUT2D eigenvalue weighted by Crippen LogP contribution is -2.26. The predicted octanol–water partition coefficient (Wildman–Crippen LogP) is 2.36. The summed E-state index contributed by atoms with van der Waals surface area (Å²) in [7, 11) is 1.57. The Hall–Kier alpha value is -1.07. The van der Waals surface area contributed by atoms with Crippen LogP contribution in [0, 0.1) is 0 Å². The van der Waals surface area contributed by atoms with E-state index in [0.717, 1.165) is 5.56 Å². The van der Waals surface area contributed by atoms with Gasteiger partial charge in [0.05, 0.1) is 12.8 Å². The zero-order valence-electron chi connectivity index (χ0n) is 10.9. The van der Waals surface area contributed by atoms with Crippen molar-refractivity contribution < 1.29 is 9.29 Å². The van der Waals surface area contributed by atoms with Crippen molar-refractivity contribution in [3.63, 3.8) is 0 Å². The molecule has 0 aliphatic rings. The highest BCUT2D eigenvalue weighted by Crippen LogP contribution is 2.18. The molecule has 4 nitrogen and oxygen atoms in total. The zero-order chi connectivity index (χ0) is 13.1. The highest BCUT2D eigenvalue weighted by Gasteiger charge is 2.26. The Morgan fingerprint density at radius 1 is 1.41 bits per heavy atom. The van der Waals surface area contributed by atoms with Gasteiger partial charge in [0.1, 0.15) is 16.1 Å². The standard InChI is InChI=1S/C12H18N2O2S/c1-9(14-17(15)12(2,3)4)10-6-7-11(16-5)13-8-10/h6-8H,1-5H3/b14-9+/t17-/m0/s1. The van der Waals surface area contributed by atoms with Gasteiger partial charge in [-0.05, 0) is 33.8 Å². The summed E-state index contributed by atoms with van der Waals surface area (Å²) in [5.41, 5.74) is 1.57. The number of pyridine rings is 1. The van der Waals surface area contributed by atoms with Crippen LogP contribution in [0.2, 0.25) is 0 Å². The Morgan fingerprint density at radius 2 is 2.06 bits per heavy atom. The van der Waals surface area contributed by atoms with E-state index in [1.54, 1.807) is 19.4 Å². The van der Waals surface area contributed by atoms with Crippen molar-refractivity contribution in [2.45, 2.75) is 32.4 Å². The Kier molecular flexibility index (Phi) is 4.54. The number of ether oxygens (including phenoxy) is 1. The van der Waals surface area contributed by atoms with Gasteiger partial charge in [-0.3, -0.25) is 0 Å². The van der Waals surface area contributed by atoms with Crippen molar-refractivity contribution in [1.29, 1.82) is 0 Å². The van der Waals surface area contributed by atoms with Crippen molar-refractivity contribution in [2.75, 3.05) is 7.11 Å². The molecule has 0 aromatic carbocycles. The molecule has 0 aliphatic heterocycles. The Balaban J connectivity index is 2.88. The van der Waals surface area contributed by atoms with Gasteiger partial charge in [-0.2, -0.15) is 0 Å². The van der Waals surface area contributed by atoms with Crippen LogP contribution in [-0.4, -0.2) is 27.1 Å². The fraction of sp³-hybridized carbons (Fsp3) is 0.500. The van der Waals surface area contributed by atoms with E-state index in [1.807, 2.05) is 33.8 Å². The van der Waals surface area contributed by atoms with Crippen molar-refractivity contribution in [1.82, 2.24) is 4.98 Å². The average molecular weight is 254 g/mol. The van der Waals surface area contributed by atoms with Crippen molar-refractivity contribution in [2.24, 2.45) is 4.40 Å². The van der Waals surface area contributed by atoms with Gasteiger partial charge in [-0.25, -0.2) is 4.98 Å². The predicted molar refractivity (Wildman–Crippen MR) is 70.9 cm³/mol. The monoisotopic (exact) mass is 254 g/mol. The van der Waals surface area contributed by atoms with E-state index in [1.165, 1.54) is 0 Å². The van der Waals surface area contributed by atoms with Crippen LogP contribution in [0.5, 0.6) is 5.88 Å². The van der Waals surface area contributed by atoms with E-state index in [0.29, 0.717) is 11.6 Å². The molecule has 0 saturated heterocycles. The summed E-state index contributed by atoms with van der Waals surface area (Å²) in [6.07, 6.45) is 1.66. The fourth-order valence-corrected chi connectivity index (χ4v) is 1.66. The van der Waals surface area contributed by atoms with E-state index < -0.39 is 11.4 Å². The highest BCUT2D eigenvalue weighted by atomic mass is 32.2. The van der Waals surface area contributed by atoms with Crippen LogP contribution in [0.25, 0.3) is 0 Å². The normalized spacial score (nSPS) is 14.6. The fourth-order valence-electron chi connectivity index (χ4n) is 1.03. The maximum Gasteiger partial charge on any atom is 0.212 e. The third kappa shape index (κ3) is 4.02. The van der Waals surface area contributed by atoms with E-state index >= 15 is 0 Å². The summed E-state index contributed by atoms with van der Waals surface area (Å²) < 4.78 is 20.7. The molecule has 0 N–H and O–H groups in total. The van der Waals surface area contributed by atoms with Crippen LogP contribution in [0.1, 0.15) is 33.3 Å². The second-order valence-electron chi connectivity index (χ2n) is 4.63. The molecule has 1 aromatic rings. The van der Waals surface area contributed by atoms with E-state index in [-0.39, 0.29) is 4.75 Å². The van der Waals surface area contributed by atoms with E-state index in [2.05, 4.69) is 9.38 Å². The molecule has 1 rings (SSSR count). The Labute approximate surface area is 105 Å². The SMILES string of the molecule is COc1ccc(/C(C)=N/[S@@+]([O-])C(C)(C)C)cn1. The molecule has 0 bridgehead atoms. The van der Waals surface area contributed by atoms with Gasteiger partial charge >= 0.3 is 0 Å². The molecule has 0 unspecified atom stereocenters. The van der Waals surface area contributed by atoms with Gasteiger partial charge in [-0.1, -0.05) is 4.40 Å². The highest BCUT2D eigenvalue weighted by molar-refractivity contribution is 7.91. The third-order valence-electron chi connectivity index (χ3n) is 2.11. The smallest absolute Gasteiger partial charge is 0.212 e. The minimum Gasteiger partial charge on any atom is -0.591 e. The molecule has 0 fully saturated rings. The molecule has 0 radical (unpaired) electrons. The lowest BCUT2D eigenvalue weighted by molar-refractivity contribution is 0.398. The quantitative estimate of drug-likeness (QED) is 0.614. The summed E-state index contributed by atoms with van der Waals surface area (Å²) in [6.45, 7) is 7.51. The van der Waals surface area contributed by atoms with Gasteiger partial charge in [0.25, 0.3) is 0 Å². The molecule has 17 heavy (non-hydrogen) atoms. The molecule has 0 amide bonds. The average Bonchev–Trinajstić information content (AvgIpc) is 2.27. The minimum atomic E-state index is -1.25. The van der Waals surface area contributed by atoms with Gasteiger partial charge in [-0.15, -0.1) is 0 Å². The van der Waals surface area contributed by atoms with Crippen LogP contribution in [-0.2, 0) is 11.4 Å². The Morgan fingerprint density at radius 3 is 2.47 bits per heavy atom. The lowest BCUT2D eigenvalue weighted by atomic mass is 10.2. The third-order valence-corrected chi connectivity index (χ3v) is 3.59. The largest absolute Gasteiger partial charge is 0.591 e. The number of aromatic nitrogens is 1. The van der Waals surface area contributed by atoms with Crippen LogP contribution < -0.4 is 4.74 Å². The second-order valence-corrected chi connectivity index (χ2v) is 6.53. The summed E-state index contributed by atoms with van der Waals surface area (Å²) in [5.74, 6) is 0.554. The molecular weight excluding hydrogens is 236 g/mol. The van der Waals surface area contributed by atoms with E-state index in [9.17, 15) is 4.55 Å². The van der Waals surface area contributed by atoms with Gasteiger partial charge in [0.15, 0.2) is 0 Å². The number of nitrogens with zero attached hydrogens (tertiary/aromatic N) is 2. The number of hydrogen-bond donors (Lipinski definition) is 0. The maximum atomic E-state index is 11.8. The molecule has 0 saturated carbocycles. The van der Waals surface area contributed by atoms with Crippen LogP contribution in [0.15, 0.2) is 22.7 Å². The number of rotatable bonds is 3. The first-order valence-electron chi connectivity index (χ1n) is 5.32. The van der Waals surface area contributed by atoms with Crippen LogP contribution in [0.3, 0.4) is 0 Å². The van der Waals surface area contributed by atoms with Gasteiger partial charge in [0, 0.05) is 17.8 Å². The van der Waals surface area contributed by atoms with Crippen molar-refractivity contribution in [3.8, 4) is 5.88 Å². The second kappa shape index (κ2) is 5.51. The minimum absolute atomic E-state index is 0.346. The van der Waals surface area contributed by atoms with Crippen LogP contribution >= 0.6 is 0 Å². The first kappa shape index (κ1) is 14.0. The first-order chi connectivity index (χ1) is 7.84. The molecule has 5 heteroatoms. The molecule has 1 heterocycles. The molecule has 1 aromatic heterocycles. The van der Waals surface area contributed by atoms with Gasteiger partial charge < -0.3 is 9.29 Å². The van der Waals surface area contributed by atoms with Crippen molar-refractivity contribution >= 4 is 17.1 Å². The Bertz CT molecular complexity index is 396. The van der Waals surface area contributed by atoms with Crippen molar-refractivity contribution in [3.05, 3.63) is 23.9 Å². The first-order valence-corrected chi connectivity index (χ1v) is 6.43. The molecule has 0 spiro atoms. The summed E-state index contributed by atoms with van der Waals surface area (Å²) in [5, 5.41) is 0. The van der Waals surface area contributed by atoms with Crippen LogP contribution in [0.4, 0.5) is 0 Å². The molecule has 94 valence electrons. The summed E-state index contributed by atoms with van der Waals surface area (Å²) in [6, 6.07) is 3.61. The topological polar surface area (TPSA) is 57.5 Å². The van der Waals surface area contributed by atoms with E-state index in [4.69, 9.17) is 4.74 Å². The molecule has 0 aliphatic carbocycles. The molecule has 1 atom stereocenters. The number of methoxy groups -OCH3 is 1. The summed E-state index contributed by atoms with van der Waals surface area (Å²) in [4.78, 5) is 4.09. The lowest BCUT2D eigenvalue weighted by Gasteiger charge is -2.18. The number of hydrogen-bond acceptors (Lipinski definition) is 4. The maximum absolute atomic E-state index is 11.8. The zero-order valence-corrected chi connectivity index (χ0v) is 11.7.